The van der Waals surface area contributed by atoms with Crippen LogP contribution in [0.5, 0.6) is 11.5 Å². The van der Waals surface area contributed by atoms with Crippen LogP contribution in [0, 0.1) is 27.7 Å². The molecule has 5 heteroatoms. The van der Waals surface area contributed by atoms with Gasteiger partial charge in [0.05, 0.1) is 0 Å². The zero-order chi connectivity index (χ0) is 18.8. The number of nitrogens with zero attached hydrogens (tertiary/aromatic N) is 2. The van der Waals surface area contributed by atoms with E-state index >= 15 is 0 Å². The smallest absolute Gasteiger partial charge is 1.00 e. The summed E-state index contributed by atoms with van der Waals surface area (Å²) in [4.78, 5) is 8.38. The number of hydrogen-bond donors (Lipinski definition) is 2. The van der Waals surface area contributed by atoms with Crippen molar-refractivity contribution in [2.75, 3.05) is 0 Å². The summed E-state index contributed by atoms with van der Waals surface area (Å²) in [7, 11) is 0. The number of benzene rings is 2. The van der Waals surface area contributed by atoms with E-state index in [1.165, 1.54) is 11.1 Å². The minimum atomic E-state index is 0. The molecule has 0 unspecified atom stereocenters. The van der Waals surface area contributed by atoms with Crippen molar-refractivity contribution in [3.63, 3.8) is 0 Å². The van der Waals surface area contributed by atoms with Crippen molar-refractivity contribution < 1.29 is 13.1 Å². The van der Waals surface area contributed by atoms with E-state index in [0.717, 1.165) is 21.9 Å². The molecule has 0 radical (unpaired) electrons. The van der Waals surface area contributed by atoms with Gasteiger partial charge in [-0.15, -0.1) is 0 Å². The number of rotatable bonds is 0. The van der Waals surface area contributed by atoms with Crippen molar-refractivity contribution in [2.24, 2.45) is 0 Å². The van der Waals surface area contributed by atoms with Gasteiger partial charge in [-0.25, -0.2) is 0 Å². The Kier molecular flexibility index (Phi) is 6.62. The summed E-state index contributed by atoms with van der Waals surface area (Å²) in [5, 5.41) is 21.1. The molecule has 2 heterocycles. The Morgan fingerprint density at radius 1 is 0.667 bits per heavy atom. The summed E-state index contributed by atoms with van der Waals surface area (Å²) in [6, 6.07) is 10.9. The normalized spacial score (nSPS) is 10.2. The molecule has 0 bridgehead atoms. The van der Waals surface area contributed by atoms with Crippen molar-refractivity contribution >= 4 is 44.9 Å². The number of aryl methyl sites for hydroxylation is 4. The first-order valence-corrected chi connectivity index (χ1v) is 8.48. The Balaban J connectivity index is 0.000000490. The molecule has 2 aromatic heterocycles. The average molecular weight is 373 g/mol. The Hall–Kier alpha value is -2.37. The molecule has 27 heavy (non-hydrogen) atoms. The quantitative estimate of drug-likeness (QED) is 0.428. The van der Waals surface area contributed by atoms with Gasteiger partial charge in [-0.05, 0) is 62.1 Å². The monoisotopic (exact) mass is 372 g/mol. The fourth-order valence-electron chi connectivity index (χ4n) is 2.88. The van der Waals surface area contributed by atoms with E-state index in [9.17, 15) is 10.2 Å². The van der Waals surface area contributed by atoms with Crippen molar-refractivity contribution in [3.8, 4) is 11.5 Å². The topological polar surface area (TPSA) is 66.2 Å². The molecule has 0 amide bonds. The number of aromatic nitrogens is 2. The summed E-state index contributed by atoms with van der Waals surface area (Å²) >= 11 is 0. The van der Waals surface area contributed by atoms with Gasteiger partial charge in [0.15, 0.2) is 0 Å². The summed E-state index contributed by atoms with van der Waals surface area (Å²) in [6.45, 7) is 8.12. The second kappa shape index (κ2) is 8.54. The zero-order valence-corrected chi connectivity index (χ0v) is 17.5. The molecule has 136 valence electrons. The van der Waals surface area contributed by atoms with Gasteiger partial charge in [0.25, 0.3) is 0 Å². The number of hydrogen-bond acceptors (Lipinski definition) is 4. The van der Waals surface area contributed by atoms with Crippen LogP contribution in [-0.2, 0) is 0 Å². The van der Waals surface area contributed by atoms with Gasteiger partial charge in [-0.1, -0.05) is 24.3 Å². The number of aromatic hydroxyl groups is 2. The maximum Gasteiger partial charge on any atom is 2.00 e. The first kappa shape index (κ1) is 20.9. The third-order valence-electron chi connectivity index (χ3n) is 4.80. The first-order valence-electron chi connectivity index (χ1n) is 8.48. The van der Waals surface area contributed by atoms with E-state index in [0.29, 0.717) is 11.0 Å². The van der Waals surface area contributed by atoms with E-state index in [1.807, 2.05) is 52.0 Å². The summed E-state index contributed by atoms with van der Waals surface area (Å²) < 4.78 is 0. The fraction of sp³-hybridized carbons (Fsp3) is 0.182. The van der Waals surface area contributed by atoms with Crippen LogP contribution in [-0.4, -0.2) is 43.2 Å². The van der Waals surface area contributed by atoms with Gasteiger partial charge in [0.1, 0.15) is 22.5 Å². The van der Waals surface area contributed by atoms with Crippen LogP contribution in [0.2, 0.25) is 0 Å². The molecular weight excluding hydrogens is 349 g/mol. The molecule has 0 spiro atoms. The minimum absolute atomic E-state index is 0. The minimum Gasteiger partial charge on any atom is -1.00 e. The van der Waals surface area contributed by atoms with Gasteiger partial charge in [0, 0.05) is 23.2 Å². The van der Waals surface area contributed by atoms with Gasteiger partial charge < -0.3 is 13.1 Å². The Labute approximate surface area is 178 Å². The summed E-state index contributed by atoms with van der Waals surface area (Å²) in [6.07, 6.45) is 3.58. The third kappa shape index (κ3) is 4.15. The average Bonchev–Trinajstić information content (AvgIpc) is 2.63. The van der Waals surface area contributed by atoms with Crippen molar-refractivity contribution in [1.29, 1.82) is 0 Å². The molecule has 2 N–H and O–H groups in total. The maximum absolute atomic E-state index is 9.52. The Morgan fingerprint density at radius 3 is 1.41 bits per heavy atom. The van der Waals surface area contributed by atoms with E-state index in [4.69, 9.17) is 0 Å². The van der Waals surface area contributed by atoms with Gasteiger partial charge in [-0.2, -0.15) is 0 Å². The van der Waals surface area contributed by atoms with Crippen LogP contribution in [0.25, 0.3) is 21.8 Å². The molecular formula is C22H24MgN2O2. The third-order valence-corrected chi connectivity index (χ3v) is 4.80. The molecule has 0 fully saturated rings. The van der Waals surface area contributed by atoms with E-state index < -0.39 is 0 Å². The maximum atomic E-state index is 9.52. The van der Waals surface area contributed by atoms with Crippen LogP contribution in [0.4, 0.5) is 0 Å². The second-order valence-corrected chi connectivity index (χ2v) is 6.48. The number of phenols is 2. The largest absolute Gasteiger partial charge is 2.00 e. The molecule has 0 saturated heterocycles. The summed E-state index contributed by atoms with van der Waals surface area (Å²) in [5.74, 6) is 0.501. The Bertz CT molecular complexity index is 1030. The van der Waals surface area contributed by atoms with Gasteiger partial charge in [0.2, 0.25) is 0 Å². The van der Waals surface area contributed by atoms with Crippen molar-refractivity contribution in [2.45, 2.75) is 27.7 Å². The molecule has 4 rings (SSSR count). The molecule has 0 aliphatic carbocycles. The molecule has 0 atom stereocenters. The van der Waals surface area contributed by atoms with Gasteiger partial charge >= 0.3 is 23.1 Å². The number of para-hydroxylation sites is 2. The predicted octanol–water partition coefficient (Wildman–Crippen LogP) is 4.96. The molecule has 0 saturated carbocycles. The van der Waals surface area contributed by atoms with Crippen LogP contribution < -0.4 is 0 Å². The number of phenolic OH excluding ortho intramolecular Hbond substituents is 2. The predicted molar refractivity (Wildman–Crippen MR) is 114 cm³/mol. The van der Waals surface area contributed by atoms with E-state index in [2.05, 4.69) is 9.97 Å². The van der Waals surface area contributed by atoms with Crippen LogP contribution in [0.15, 0.2) is 48.8 Å². The number of fused-ring (bicyclic) bond motifs is 2. The summed E-state index contributed by atoms with van der Waals surface area (Å²) in [5.41, 5.74) is 6.04. The fourth-order valence-corrected chi connectivity index (χ4v) is 2.88. The second-order valence-electron chi connectivity index (χ2n) is 6.48. The number of pyridine rings is 2. The Morgan fingerprint density at radius 2 is 1.04 bits per heavy atom. The van der Waals surface area contributed by atoms with Gasteiger partial charge in [-0.3, -0.25) is 9.97 Å². The first-order chi connectivity index (χ1) is 12.4. The SMILES string of the molecule is Cc1cnc2c(O)cccc2c1C.Cc1cnc2c(O)cccc2c1C.[H-].[H-].[Mg+2]. The molecule has 4 aromatic rings. The van der Waals surface area contributed by atoms with Crippen LogP contribution in [0.3, 0.4) is 0 Å². The molecule has 0 aliphatic heterocycles. The molecule has 2 aromatic carbocycles. The molecule has 4 nitrogen and oxygen atoms in total. The van der Waals surface area contributed by atoms with E-state index in [-0.39, 0.29) is 37.4 Å². The zero-order valence-electron chi connectivity index (χ0n) is 18.1. The van der Waals surface area contributed by atoms with Crippen LogP contribution in [0.1, 0.15) is 25.1 Å². The van der Waals surface area contributed by atoms with Crippen LogP contribution >= 0.6 is 0 Å². The van der Waals surface area contributed by atoms with Crippen molar-refractivity contribution in [1.82, 2.24) is 9.97 Å². The standard InChI is InChI=1S/2C11H11NO.Mg.2H/c2*1-7-6-12-11-9(8(7)2)4-3-5-10(11)13;;;/h2*3-6,13H,1-2H3;;;/q;;+2;2*-1. The van der Waals surface area contributed by atoms with E-state index in [1.54, 1.807) is 24.5 Å². The molecule has 0 aliphatic rings. The van der Waals surface area contributed by atoms with Crippen molar-refractivity contribution in [3.05, 3.63) is 71.0 Å².